The van der Waals surface area contributed by atoms with Gasteiger partial charge < -0.3 is 13.9 Å². The standard InChI is InChI=1S/C16H18N4O3/c1-20(15-6-2-3-7-17-15)8-4-5-13-9-12(18-22-13)10-14-11-16(21)19-23-14/h2-3,6-7,9,11H,4-5,8,10H2,1H3,(H,19,21). The predicted molar refractivity (Wildman–Crippen MR) is 84.5 cm³/mol. The van der Waals surface area contributed by atoms with Crippen LogP contribution in [0.3, 0.4) is 0 Å². The average molecular weight is 314 g/mol. The minimum atomic E-state index is -0.249. The fraction of sp³-hybridized carbons (Fsp3) is 0.312. The number of nitrogens with one attached hydrogen (secondary N) is 1. The van der Waals surface area contributed by atoms with Crippen molar-refractivity contribution >= 4 is 5.82 Å². The Morgan fingerprint density at radius 3 is 2.91 bits per heavy atom. The summed E-state index contributed by atoms with van der Waals surface area (Å²) in [5, 5.41) is 6.26. The second-order valence-electron chi connectivity index (χ2n) is 5.35. The number of hydrogen-bond donors (Lipinski definition) is 1. The molecule has 0 bridgehead atoms. The highest BCUT2D eigenvalue weighted by atomic mass is 16.5. The Bertz CT molecular complexity index is 791. The van der Waals surface area contributed by atoms with Crippen molar-refractivity contribution in [2.75, 3.05) is 18.5 Å². The molecule has 3 aromatic heterocycles. The number of H-pyrrole nitrogens is 1. The van der Waals surface area contributed by atoms with Crippen LogP contribution in [0, 0.1) is 0 Å². The maximum absolute atomic E-state index is 11.0. The number of pyridine rings is 1. The smallest absolute Gasteiger partial charge is 0.280 e. The van der Waals surface area contributed by atoms with Gasteiger partial charge in [-0.05, 0) is 18.6 Å². The Hall–Kier alpha value is -2.83. The molecule has 3 aromatic rings. The van der Waals surface area contributed by atoms with Gasteiger partial charge in [0.25, 0.3) is 5.56 Å². The number of rotatable bonds is 7. The van der Waals surface area contributed by atoms with Gasteiger partial charge >= 0.3 is 0 Å². The summed E-state index contributed by atoms with van der Waals surface area (Å²) in [5.74, 6) is 2.32. The Labute approximate surface area is 132 Å². The third-order valence-electron chi connectivity index (χ3n) is 3.49. The van der Waals surface area contributed by atoms with Gasteiger partial charge in [-0.1, -0.05) is 11.2 Å². The SMILES string of the molecule is CN(CCCc1cc(Cc2cc(=O)[nH]o2)no1)c1ccccn1. The summed E-state index contributed by atoms with van der Waals surface area (Å²) in [5.41, 5.74) is 0.502. The topological polar surface area (TPSA) is 88.2 Å². The summed E-state index contributed by atoms with van der Waals surface area (Å²) in [6.07, 6.45) is 3.95. The maximum atomic E-state index is 11.0. The third kappa shape index (κ3) is 4.09. The molecule has 0 aliphatic rings. The van der Waals surface area contributed by atoms with Gasteiger partial charge in [-0.15, -0.1) is 0 Å². The van der Waals surface area contributed by atoms with Crippen molar-refractivity contribution in [3.8, 4) is 0 Å². The molecular weight excluding hydrogens is 296 g/mol. The molecule has 0 aromatic carbocycles. The van der Waals surface area contributed by atoms with Crippen LogP contribution in [0.1, 0.15) is 23.6 Å². The number of nitrogens with zero attached hydrogens (tertiary/aromatic N) is 3. The fourth-order valence-corrected chi connectivity index (χ4v) is 2.33. The highest BCUT2D eigenvalue weighted by Crippen LogP contribution is 2.12. The summed E-state index contributed by atoms with van der Waals surface area (Å²) < 4.78 is 10.3. The monoisotopic (exact) mass is 314 g/mol. The molecule has 3 rings (SSSR count). The lowest BCUT2D eigenvalue weighted by Gasteiger charge is -2.17. The van der Waals surface area contributed by atoms with Crippen LogP contribution in [0.4, 0.5) is 5.82 Å². The second kappa shape index (κ2) is 6.95. The van der Waals surface area contributed by atoms with E-state index in [1.54, 1.807) is 6.20 Å². The highest BCUT2D eigenvalue weighted by Gasteiger charge is 2.09. The van der Waals surface area contributed by atoms with Crippen LogP contribution in [-0.4, -0.2) is 28.9 Å². The molecule has 0 saturated carbocycles. The fourth-order valence-electron chi connectivity index (χ4n) is 2.33. The van der Waals surface area contributed by atoms with Crippen LogP contribution in [0.2, 0.25) is 0 Å². The molecule has 1 N–H and O–H groups in total. The lowest BCUT2D eigenvalue weighted by atomic mass is 10.2. The second-order valence-corrected chi connectivity index (χ2v) is 5.35. The zero-order valence-electron chi connectivity index (χ0n) is 12.9. The molecule has 0 spiro atoms. The van der Waals surface area contributed by atoms with Crippen LogP contribution in [0.25, 0.3) is 0 Å². The van der Waals surface area contributed by atoms with Crippen molar-refractivity contribution in [2.45, 2.75) is 19.3 Å². The quantitative estimate of drug-likeness (QED) is 0.717. The van der Waals surface area contributed by atoms with E-state index in [2.05, 4.69) is 20.2 Å². The minimum Gasteiger partial charge on any atom is -0.383 e. The summed E-state index contributed by atoms with van der Waals surface area (Å²) in [7, 11) is 2.02. The average Bonchev–Trinajstić information content (AvgIpc) is 3.17. The summed E-state index contributed by atoms with van der Waals surface area (Å²) in [6.45, 7) is 0.875. The first-order chi connectivity index (χ1) is 11.2. The summed E-state index contributed by atoms with van der Waals surface area (Å²) >= 11 is 0. The van der Waals surface area contributed by atoms with E-state index in [-0.39, 0.29) is 5.56 Å². The van der Waals surface area contributed by atoms with E-state index in [0.29, 0.717) is 12.2 Å². The molecule has 0 unspecified atom stereocenters. The van der Waals surface area contributed by atoms with E-state index in [1.807, 2.05) is 31.3 Å². The lowest BCUT2D eigenvalue weighted by molar-refractivity contribution is 0.365. The van der Waals surface area contributed by atoms with Crippen LogP contribution < -0.4 is 10.5 Å². The molecule has 0 aliphatic carbocycles. The Morgan fingerprint density at radius 2 is 2.17 bits per heavy atom. The first-order valence-corrected chi connectivity index (χ1v) is 7.45. The Balaban J connectivity index is 1.48. The first kappa shape index (κ1) is 15.1. The van der Waals surface area contributed by atoms with Crippen molar-refractivity contribution in [2.24, 2.45) is 0 Å². The van der Waals surface area contributed by atoms with E-state index >= 15 is 0 Å². The van der Waals surface area contributed by atoms with E-state index < -0.39 is 0 Å². The number of aromatic amines is 1. The molecule has 0 saturated heterocycles. The van der Waals surface area contributed by atoms with Gasteiger partial charge in [0.15, 0.2) is 0 Å². The summed E-state index contributed by atoms with van der Waals surface area (Å²) in [4.78, 5) is 17.4. The number of aryl methyl sites for hydroxylation is 1. The largest absolute Gasteiger partial charge is 0.383 e. The van der Waals surface area contributed by atoms with E-state index in [0.717, 1.165) is 36.7 Å². The minimum absolute atomic E-state index is 0.249. The van der Waals surface area contributed by atoms with Gasteiger partial charge in [0.1, 0.15) is 17.3 Å². The van der Waals surface area contributed by atoms with Gasteiger partial charge in [-0.25, -0.2) is 4.98 Å². The normalized spacial score (nSPS) is 10.8. The zero-order valence-corrected chi connectivity index (χ0v) is 12.9. The molecule has 120 valence electrons. The van der Waals surface area contributed by atoms with Gasteiger partial charge in [0.05, 0.1) is 12.1 Å². The molecule has 0 aliphatic heterocycles. The van der Waals surface area contributed by atoms with Crippen molar-refractivity contribution in [3.63, 3.8) is 0 Å². The maximum Gasteiger partial charge on any atom is 0.280 e. The molecule has 7 nitrogen and oxygen atoms in total. The molecule has 0 amide bonds. The number of aromatic nitrogens is 3. The number of anilines is 1. The van der Waals surface area contributed by atoms with E-state index in [9.17, 15) is 4.79 Å². The molecular formula is C16H18N4O3. The Morgan fingerprint density at radius 1 is 1.26 bits per heavy atom. The van der Waals surface area contributed by atoms with Gasteiger partial charge in [-0.3, -0.25) is 4.79 Å². The van der Waals surface area contributed by atoms with Crippen molar-refractivity contribution in [3.05, 3.63) is 64.1 Å². The molecule has 0 radical (unpaired) electrons. The van der Waals surface area contributed by atoms with Gasteiger partial charge in [-0.2, -0.15) is 5.16 Å². The van der Waals surface area contributed by atoms with Crippen LogP contribution >= 0.6 is 0 Å². The molecule has 3 heterocycles. The third-order valence-corrected chi connectivity index (χ3v) is 3.49. The summed E-state index contributed by atoms with van der Waals surface area (Å²) in [6, 6.07) is 9.17. The van der Waals surface area contributed by atoms with Crippen molar-refractivity contribution in [1.29, 1.82) is 0 Å². The van der Waals surface area contributed by atoms with Crippen LogP contribution in [-0.2, 0) is 12.8 Å². The van der Waals surface area contributed by atoms with E-state index in [4.69, 9.17) is 9.05 Å². The van der Waals surface area contributed by atoms with Gasteiger partial charge in [0, 0.05) is 38.3 Å². The predicted octanol–water partition coefficient (Wildman–Crippen LogP) is 2.01. The molecule has 0 fully saturated rings. The van der Waals surface area contributed by atoms with E-state index in [1.165, 1.54) is 6.07 Å². The first-order valence-electron chi connectivity index (χ1n) is 7.45. The van der Waals surface area contributed by atoms with Crippen molar-refractivity contribution in [1.82, 2.24) is 15.3 Å². The highest BCUT2D eigenvalue weighted by molar-refractivity contribution is 5.36. The molecule has 23 heavy (non-hydrogen) atoms. The van der Waals surface area contributed by atoms with Gasteiger partial charge in [0.2, 0.25) is 0 Å². The van der Waals surface area contributed by atoms with Crippen LogP contribution in [0.5, 0.6) is 0 Å². The van der Waals surface area contributed by atoms with Crippen LogP contribution in [0.15, 0.2) is 50.4 Å². The van der Waals surface area contributed by atoms with Crippen molar-refractivity contribution < 1.29 is 9.05 Å². The zero-order chi connectivity index (χ0) is 16.1. The lowest BCUT2D eigenvalue weighted by Crippen LogP contribution is -2.19. The molecule has 0 atom stereocenters. The Kier molecular flexibility index (Phi) is 4.56. The molecule has 7 heteroatoms. The number of hydrogen-bond acceptors (Lipinski definition) is 6.